The fourth-order valence-corrected chi connectivity index (χ4v) is 8.96. The van der Waals surface area contributed by atoms with Gasteiger partial charge in [0.25, 0.3) is 0 Å². The summed E-state index contributed by atoms with van der Waals surface area (Å²) in [4.78, 5) is 35.0. The van der Waals surface area contributed by atoms with Crippen molar-refractivity contribution in [3.05, 3.63) is 94.1 Å². The molecule has 4 aromatic rings. The van der Waals surface area contributed by atoms with E-state index in [1.165, 1.54) is 12.4 Å². The van der Waals surface area contributed by atoms with Crippen LogP contribution in [0.5, 0.6) is 0 Å². The highest BCUT2D eigenvalue weighted by molar-refractivity contribution is 7.84. The molecule has 0 aromatic carbocycles. The summed E-state index contributed by atoms with van der Waals surface area (Å²) < 4.78 is 60.3. The third-order valence-corrected chi connectivity index (χ3v) is 13.0. The maximum absolute atomic E-state index is 14.8. The van der Waals surface area contributed by atoms with E-state index in [1.54, 1.807) is 24.5 Å². The molecular weight excluding hydrogens is 821 g/mol. The van der Waals surface area contributed by atoms with Crippen LogP contribution < -0.4 is 15.8 Å². The lowest BCUT2D eigenvalue weighted by Crippen LogP contribution is -2.32. The molecule has 340 valence electrons. The SMILES string of the molecule is Cc1c(C(=O)c2cnccc2N[C@@H]2C[C@H](CO)[C@@H](C)[C@@H]2F)cn(C(C)(C)C)c1C.Cc1c(C(=O)c2cnccc2N[C@@H]2C[C@H](COS(N)(=O)=O)[C@@H](O)[C@@H]2F)cn(C(C)(C)C)c1C. The van der Waals surface area contributed by atoms with Crippen LogP contribution in [-0.4, -0.2) is 93.0 Å². The summed E-state index contributed by atoms with van der Waals surface area (Å²) in [6.45, 7) is 21.6. The summed E-state index contributed by atoms with van der Waals surface area (Å²) in [5.74, 6) is -1.44. The minimum atomic E-state index is -4.20. The maximum Gasteiger partial charge on any atom is 0.333 e. The first-order valence-electron chi connectivity index (χ1n) is 20.9. The number of carbonyl (C=O) groups excluding carboxylic acids is 2. The number of nitrogens with two attached hydrogens (primary N) is 1. The number of hydrogen-bond donors (Lipinski definition) is 5. The van der Waals surface area contributed by atoms with Gasteiger partial charge < -0.3 is 30.0 Å². The number of nitrogens with one attached hydrogen (secondary N) is 2. The van der Waals surface area contributed by atoms with E-state index in [0.29, 0.717) is 34.5 Å². The molecule has 0 bridgehead atoms. The van der Waals surface area contributed by atoms with Crippen molar-refractivity contribution in [2.45, 2.75) is 131 Å². The Morgan fingerprint density at radius 2 is 1.21 bits per heavy atom. The summed E-state index contributed by atoms with van der Waals surface area (Å²) in [6.07, 6.45) is 6.20. The predicted molar refractivity (Wildman–Crippen MR) is 235 cm³/mol. The van der Waals surface area contributed by atoms with Gasteiger partial charge in [-0.15, -0.1) is 0 Å². The van der Waals surface area contributed by atoms with E-state index < -0.39 is 53.4 Å². The number of hydrogen-bond acceptors (Lipinski definition) is 11. The molecule has 14 nitrogen and oxygen atoms in total. The van der Waals surface area contributed by atoms with Crippen molar-refractivity contribution in [1.82, 2.24) is 19.1 Å². The Labute approximate surface area is 363 Å². The number of ketones is 2. The molecule has 8 atom stereocenters. The van der Waals surface area contributed by atoms with Crippen molar-refractivity contribution < 1.29 is 41.2 Å². The van der Waals surface area contributed by atoms with E-state index in [-0.39, 0.29) is 53.1 Å². The number of anilines is 2. The quantitative estimate of drug-likeness (QED) is 0.0978. The molecule has 6 rings (SSSR count). The third kappa shape index (κ3) is 10.4. The fourth-order valence-electron chi connectivity index (χ4n) is 8.60. The Bertz CT molecular complexity index is 2370. The van der Waals surface area contributed by atoms with Crippen molar-refractivity contribution in [2.24, 2.45) is 22.9 Å². The Kier molecular flexibility index (Phi) is 14.6. The number of pyridine rings is 2. The lowest BCUT2D eigenvalue weighted by Gasteiger charge is -2.23. The zero-order chi connectivity index (χ0) is 46.2. The molecule has 4 aromatic heterocycles. The minimum absolute atomic E-state index is 0.0271. The van der Waals surface area contributed by atoms with E-state index >= 15 is 0 Å². The van der Waals surface area contributed by atoms with Crippen LogP contribution in [0.4, 0.5) is 20.2 Å². The van der Waals surface area contributed by atoms with E-state index in [1.807, 2.05) is 72.4 Å². The molecule has 0 spiro atoms. The van der Waals surface area contributed by atoms with Gasteiger partial charge in [-0.05, 0) is 117 Å². The summed E-state index contributed by atoms with van der Waals surface area (Å²) in [6, 6.07) is 2.01. The van der Waals surface area contributed by atoms with Crippen LogP contribution in [0.3, 0.4) is 0 Å². The number of carbonyl (C=O) groups is 2. The smallest absolute Gasteiger partial charge is 0.333 e. The molecule has 0 radical (unpaired) electrons. The number of rotatable bonds is 12. The first-order chi connectivity index (χ1) is 28.8. The lowest BCUT2D eigenvalue weighted by molar-refractivity contribution is 0.0501. The standard InChI is InChI=1S/C23H32FN3O2.C22H31FN4O5S/c1-13-15(3)27(23(4,5)6)11-18(13)22(29)17-10-25-8-7-19(17)26-20-9-16(12-28)14(2)21(20)24;1-12-13(2)27(22(3,4)5)10-16(12)21(29)15-9-25-7-6-17(15)26-18-8-14(20(28)19(18)23)11-32-33(24,30)31/h7-8,10-11,14,16,20-21,28H,9,12H2,1-6H3,(H,25,26);6-7,9-10,14,18-20,28H,8,11H2,1-5H3,(H,25,26)(H2,24,30,31)/t14-,16-,20-,21+;14-,18-,19-,20-/m11/s1. The second-order valence-corrected chi connectivity index (χ2v) is 20.0. The van der Waals surface area contributed by atoms with Gasteiger partial charge in [-0.1, -0.05) is 6.92 Å². The first kappa shape index (κ1) is 48.5. The van der Waals surface area contributed by atoms with Crippen LogP contribution in [0, 0.1) is 45.4 Å². The molecule has 0 aliphatic heterocycles. The molecule has 2 aliphatic carbocycles. The van der Waals surface area contributed by atoms with Crippen molar-refractivity contribution in [3.63, 3.8) is 0 Å². The van der Waals surface area contributed by atoms with Gasteiger partial charge in [0.2, 0.25) is 0 Å². The number of alkyl halides is 2. The van der Waals surface area contributed by atoms with Crippen molar-refractivity contribution in [1.29, 1.82) is 0 Å². The summed E-state index contributed by atoms with van der Waals surface area (Å²) in [7, 11) is -4.20. The molecule has 0 unspecified atom stereocenters. The van der Waals surface area contributed by atoms with Gasteiger partial charge in [0.05, 0.1) is 35.9 Å². The van der Waals surface area contributed by atoms with Gasteiger partial charge in [0.15, 0.2) is 11.6 Å². The van der Waals surface area contributed by atoms with Crippen molar-refractivity contribution in [2.75, 3.05) is 23.8 Å². The maximum atomic E-state index is 14.8. The molecule has 62 heavy (non-hydrogen) atoms. The number of aliphatic hydroxyl groups excluding tert-OH is 2. The number of nitrogens with zero attached hydrogens (tertiary/aromatic N) is 4. The minimum Gasteiger partial charge on any atom is -0.396 e. The summed E-state index contributed by atoms with van der Waals surface area (Å²) in [5.41, 5.74) is 6.33. The Hall–Kier alpha value is -4.55. The molecule has 2 aliphatic rings. The highest BCUT2D eigenvalue weighted by Crippen LogP contribution is 2.37. The fraction of sp³-hybridized carbons (Fsp3) is 0.556. The Balaban J connectivity index is 0.000000236. The highest BCUT2D eigenvalue weighted by atomic mass is 32.2. The largest absolute Gasteiger partial charge is 0.396 e. The van der Waals surface area contributed by atoms with Crippen LogP contribution in [0.1, 0.15) is 116 Å². The second kappa shape index (κ2) is 18.7. The van der Waals surface area contributed by atoms with E-state index in [0.717, 1.165) is 22.5 Å². The third-order valence-electron chi connectivity index (χ3n) is 12.5. The Morgan fingerprint density at radius 1 is 0.790 bits per heavy atom. The number of aromatic nitrogens is 4. The van der Waals surface area contributed by atoms with Crippen LogP contribution in [0.15, 0.2) is 49.3 Å². The van der Waals surface area contributed by atoms with Crippen LogP contribution in [-0.2, 0) is 25.6 Å². The molecule has 0 saturated heterocycles. The van der Waals surface area contributed by atoms with Gasteiger partial charge in [-0.25, -0.2) is 13.9 Å². The van der Waals surface area contributed by atoms with Gasteiger partial charge in [-0.2, -0.15) is 8.42 Å². The number of halogens is 2. The predicted octanol–water partition coefficient (Wildman–Crippen LogP) is 6.46. The van der Waals surface area contributed by atoms with Crippen LogP contribution in [0.25, 0.3) is 0 Å². The van der Waals surface area contributed by atoms with Gasteiger partial charge >= 0.3 is 10.3 Å². The second-order valence-electron chi connectivity index (χ2n) is 18.8. The molecule has 2 fully saturated rings. The van der Waals surface area contributed by atoms with E-state index in [4.69, 9.17) is 5.14 Å². The molecule has 2 saturated carbocycles. The Morgan fingerprint density at radius 3 is 1.58 bits per heavy atom. The normalized spacial score (nSPS) is 24.1. The molecule has 4 heterocycles. The van der Waals surface area contributed by atoms with Gasteiger partial charge in [0, 0.05) is 94.7 Å². The number of aliphatic hydroxyl groups is 2. The molecule has 17 heteroatoms. The average Bonchev–Trinajstić information content (AvgIpc) is 3.87. The molecule has 0 amide bonds. The summed E-state index contributed by atoms with van der Waals surface area (Å²) >= 11 is 0. The van der Waals surface area contributed by atoms with Crippen molar-refractivity contribution in [3.8, 4) is 0 Å². The van der Waals surface area contributed by atoms with E-state index in [9.17, 15) is 37.0 Å². The molecule has 6 N–H and O–H groups in total. The molecular formula is C45H63F2N7O7S. The topological polar surface area (TPSA) is 204 Å². The monoisotopic (exact) mass is 883 g/mol. The van der Waals surface area contributed by atoms with Gasteiger partial charge in [0.1, 0.15) is 12.3 Å². The zero-order valence-electron chi connectivity index (χ0n) is 37.5. The van der Waals surface area contributed by atoms with Crippen LogP contribution in [0.2, 0.25) is 0 Å². The average molecular weight is 884 g/mol. The van der Waals surface area contributed by atoms with Crippen molar-refractivity contribution >= 4 is 33.2 Å². The zero-order valence-corrected chi connectivity index (χ0v) is 38.3. The van der Waals surface area contributed by atoms with Crippen LogP contribution >= 0.6 is 0 Å². The van der Waals surface area contributed by atoms with E-state index in [2.05, 4.69) is 50.1 Å². The highest BCUT2D eigenvalue weighted by Gasteiger charge is 2.44. The summed E-state index contributed by atoms with van der Waals surface area (Å²) in [5, 5.41) is 30.7. The first-order valence-corrected chi connectivity index (χ1v) is 22.4. The lowest BCUT2D eigenvalue weighted by atomic mass is 9.99. The van der Waals surface area contributed by atoms with Gasteiger partial charge in [-0.3, -0.25) is 23.7 Å².